The van der Waals surface area contributed by atoms with Crippen LogP contribution in [0.1, 0.15) is 0 Å². The van der Waals surface area contributed by atoms with E-state index in [9.17, 15) is 8.42 Å². The molecule has 0 spiro atoms. The molecule has 1 aromatic heterocycles. The summed E-state index contributed by atoms with van der Waals surface area (Å²) < 4.78 is 28.8. The van der Waals surface area contributed by atoms with E-state index in [2.05, 4.69) is 4.98 Å². The molecular formula is C10H11NO3S. The molecule has 0 unspecified atom stereocenters. The summed E-state index contributed by atoms with van der Waals surface area (Å²) in [5.74, 6) is 0. The second kappa shape index (κ2) is 5.33. The highest BCUT2D eigenvalue weighted by Gasteiger charge is 2.07. The van der Waals surface area contributed by atoms with Crippen LogP contribution >= 0.6 is 0 Å². The number of aromatic nitrogens is 1. The number of benzene rings is 1. The van der Waals surface area contributed by atoms with Crippen LogP contribution in [0.4, 0.5) is 0 Å². The lowest BCUT2D eigenvalue weighted by atomic mass is 10.4. The lowest BCUT2D eigenvalue weighted by molar-refractivity contribution is 0.480. The molecule has 0 amide bonds. The first-order valence-electron chi connectivity index (χ1n) is 4.21. The molecule has 0 saturated heterocycles. The van der Waals surface area contributed by atoms with Crippen molar-refractivity contribution in [2.45, 2.75) is 5.03 Å². The third-order valence-corrected chi connectivity index (χ3v) is 2.32. The van der Waals surface area contributed by atoms with Crippen molar-refractivity contribution in [3.05, 3.63) is 54.7 Å². The first-order chi connectivity index (χ1) is 7.11. The molecule has 0 fully saturated rings. The third-order valence-electron chi connectivity index (χ3n) is 1.51. The highest BCUT2D eigenvalue weighted by Crippen LogP contribution is 2.01. The molecule has 0 radical (unpaired) electrons. The number of aromatic amines is 1. The van der Waals surface area contributed by atoms with E-state index < -0.39 is 10.1 Å². The molecule has 0 aliphatic heterocycles. The summed E-state index contributed by atoms with van der Waals surface area (Å²) in [6.45, 7) is 0. The maximum Gasteiger partial charge on any atom is 0.310 e. The monoisotopic (exact) mass is 225 g/mol. The van der Waals surface area contributed by atoms with E-state index in [4.69, 9.17) is 4.55 Å². The van der Waals surface area contributed by atoms with Gasteiger partial charge in [-0.05, 0) is 12.1 Å². The van der Waals surface area contributed by atoms with Crippen LogP contribution in [0.2, 0.25) is 0 Å². The molecule has 0 bridgehead atoms. The minimum absolute atomic E-state index is 0.178. The van der Waals surface area contributed by atoms with Gasteiger partial charge in [-0.15, -0.1) is 0 Å². The molecule has 1 aromatic carbocycles. The summed E-state index contributed by atoms with van der Waals surface area (Å²) in [5.41, 5.74) is 0. The van der Waals surface area contributed by atoms with Crippen LogP contribution in [0.3, 0.4) is 0 Å². The van der Waals surface area contributed by atoms with Gasteiger partial charge in [0.2, 0.25) is 0 Å². The Morgan fingerprint density at radius 2 is 1.40 bits per heavy atom. The van der Waals surface area contributed by atoms with E-state index in [1.165, 1.54) is 18.3 Å². The molecule has 0 saturated carbocycles. The Labute approximate surface area is 88.3 Å². The zero-order valence-electron chi connectivity index (χ0n) is 7.87. The predicted octanol–water partition coefficient (Wildman–Crippen LogP) is 1.95. The lowest BCUT2D eigenvalue weighted by Gasteiger charge is -1.86. The third kappa shape index (κ3) is 4.44. The summed E-state index contributed by atoms with van der Waals surface area (Å²) in [7, 11) is -4.02. The van der Waals surface area contributed by atoms with Crippen molar-refractivity contribution in [3.63, 3.8) is 0 Å². The molecule has 0 aliphatic rings. The molecule has 0 atom stereocenters. The van der Waals surface area contributed by atoms with Crippen molar-refractivity contribution in [1.29, 1.82) is 0 Å². The predicted molar refractivity (Wildman–Crippen MR) is 57.0 cm³/mol. The minimum Gasteiger partial charge on any atom is -0.350 e. The maximum atomic E-state index is 10.2. The van der Waals surface area contributed by atoms with Crippen LogP contribution in [-0.2, 0) is 10.1 Å². The Morgan fingerprint density at radius 1 is 0.933 bits per heavy atom. The van der Waals surface area contributed by atoms with Crippen LogP contribution in [0.5, 0.6) is 0 Å². The van der Waals surface area contributed by atoms with E-state index >= 15 is 0 Å². The van der Waals surface area contributed by atoms with Crippen LogP contribution in [0, 0.1) is 0 Å². The topological polar surface area (TPSA) is 70.2 Å². The zero-order valence-corrected chi connectivity index (χ0v) is 8.68. The largest absolute Gasteiger partial charge is 0.350 e. The summed E-state index contributed by atoms with van der Waals surface area (Å²) in [6.07, 6.45) is 1.42. The first-order valence-corrected chi connectivity index (χ1v) is 5.65. The van der Waals surface area contributed by atoms with E-state index in [0.29, 0.717) is 0 Å². The summed E-state index contributed by atoms with van der Waals surface area (Å²) >= 11 is 0. The lowest BCUT2D eigenvalue weighted by Crippen LogP contribution is -1.96. The molecule has 0 aliphatic carbocycles. The second-order valence-corrected chi connectivity index (χ2v) is 4.05. The highest BCUT2D eigenvalue weighted by molar-refractivity contribution is 7.85. The fourth-order valence-electron chi connectivity index (χ4n) is 0.859. The molecule has 2 aromatic rings. The molecular weight excluding hydrogens is 214 g/mol. The molecule has 4 nitrogen and oxygen atoms in total. The van der Waals surface area contributed by atoms with Gasteiger partial charge >= 0.3 is 10.1 Å². The quantitative estimate of drug-likeness (QED) is 0.729. The molecule has 1 heterocycles. The highest BCUT2D eigenvalue weighted by atomic mass is 32.2. The van der Waals surface area contributed by atoms with Gasteiger partial charge in [0.25, 0.3) is 0 Å². The van der Waals surface area contributed by atoms with Crippen LogP contribution in [0.25, 0.3) is 0 Å². The van der Waals surface area contributed by atoms with Gasteiger partial charge in [-0.3, -0.25) is 4.55 Å². The van der Waals surface area contributed by atoms with Crippen molar-refractivity contribution in [3.8, 4) is 0 Å². The second-order valence-electron chi connectivity index (χ2n) is 2.66. The van der Waals surface area contributed by atoms with Crippen molar-refractivity contribution in [1.82, 2.24) is 4.98 Å². The van der Waals surface area contributed by atoms with E-state index in [1.54, 1.807) is 0 Å². The SMILES string of the molecule is O=S(=O)(O)c1ccc[nH]1.c1ccccc1. The van der Waals surface area contributed by atoms with Crippen LogP contribution < -0.4 is 0 Å². The van der Waals surface area contributed by atoms with Crippen molar-refractivity contribution >= 4 is 10.1 Å². The molecule has 5 heteroatoms. The summed E-state index contributed by atoms with van der Waals surface area (Å²) in [5, 5.41) is -0.178. The Balaban J connectivity index is 0.000000162. The maximum absolute atomic E-state index is 10.2. The number of hydrogen-bond donors (Lipinski definition) is 2. The average Bonchev–Trinajstić information content (AvgIpc) is 2.73. The zero-order chi connectivity index (χ0) is 11.1. The Morgan fingerprint density at radius 3 is 1.60 bits per heavy atom. The van der Waals surface area contributed by atoms with Gasteiger partial charge in [0, 0.05) is 6.20 Å². The Bertz CT molecular complexity index is 436. The van der Waals surface area contributed by atoms with Gasteiger partial charge in [-0.2, -0.15) is 8.42 Å². The van der Waals surface area contributed by atoms with Crippen molar-refractivity contribution < 1.29 is 13.0 Å². The minimum atomic E-state index is -4.02. The van der Waals surface area contributed by atoms with E-state index in [1.807, 2.05) is 36.4 Å². The Kier molecular flexibility index (Phi) is 4.08. The Hall–Kier alpha value is -1.59. The van der Waals surface area contributed by atoms with Gasteiger partial charge in [0.1, 0.15) is 0 Å². The van der Waals surface area contributed by atoms with E-state index in [0.717, 1.165) is 0 Å². The van der Waals surface area contributed by atoms with Crippen molar-refractivity contribution in [2.24, 2.45) is 0 Å². The average molecular weight is 225 g/mol. The van der Waals surface area contributed by atoms with Gasteiger partial charge in [-0.1, -0.05) is 36.4 Å². The van der Waals surface area contributed by atoms with Crippen LogP contribution in [0.15, 0.2) is 59.8 Å². The fourth-order valence-corrected chi connectivity index (χ4v) is 1.33. The van der Waals surface area contributed by atoms with Gasteiger partial charge < -0.3 is 4.98 Å². The van der Waals surface area contributed by atoms with Gasteiger partial charge in [0.15, 0.2) is 5.03 Å². The smallest absolute Gasteiger partial charge is 0.310 e. The van der Waals surface area contributed by atoms with Gasteiger partial charge in [0.05, 0.1) is 0 Å². The number of rotatable bonds is 1. The van der Waals surface area contributed by atoms with Gasteiger partial charge in [-0.25, -0.2) is 0 Å². The number of nitrogens with one attached hydrogen (secondary N) is 1. The summed E-state index contributed by atoms with van der Waals surface area (Å²) in [4.78, 5) is 2.34. The molecule has 2 rings (SSSR count). The van der Waals surface area contributed by atoms with Crippen LogP contribution in [-0.4, -0.2) is 18.0 Å². The normalized spacial score (nSPS) is 10.2. The number of hydrogen-bond acceptors (Lipinski definition) is 2. The molecule has 15 heavy (non-hydrogen) atoms. The standard InChI is InChI=1S/C6H6.C4H5NO3S/c1-2-4-6-5-3-1;6-9(7,8)4-2-1-3-5-4/h1-6H;1-3,5H,(H,6,7,8). The van der Waals surface area contributed by atoms with Crippen molar-refractivity contribution in [2.75, 3.05) is 0 Å². The number of H-pyrrole nitrogens is 1. The van der Waals surface area contributed by atoms with E-state index in [-0.39, 0.29) is 5.03 Å². The summed E-state index contributed by atoms with van der Waals surface area (Å²) in [6, 6.07) is 14.8. The fraction of sp³-hybridized carbons (Fsp3) is 0. The molecule has 2 N–H and O–H groups in total. The first kappa shape index (κ1) is 11.5. The molecule has 80 valence electrons.